The monoisotopic (exact) mass is 650 g/mol. The standard InChI is InChI=1S/C24H26N8O8S3/c1-24(2,3)40-23(38)30-22-26-11(9-43-22)14(31-39-4)17(34)29-15-18(35)32-16(20(36)37)10(8-42-19(15)32)5-6-41-13-7-12(33)27-21(25)28-13/h5-7,9,15,19H,8H2,1-4H3,(H,29,34)(H,36,37)(H,26,30,38)(H3,25,27,28,33)/b6-5+,31-14-/t15-,19-/m1/s1. The molecule has 2 aromatic rings. The zero-order valence-corrected chi connectivity index (χ0v) is 25.5. The van der Waals surface area contributed by atoms with Crippen molar-refractivity contribution in [1.29, 1.82) is 0 Å². The predicted octanol–water partition coefficient (Wildman–Crippen LogP) is 1.55. The molecular formula is C24H26N8O8S3. The van der Waals surface area contributed by atoms with Gasteiger partial charge in [-0.3, -0.25) is 29.6 Å². The van der Waals surface area contributed by atoms with E-state index in [0.29, 0.717) is 10.6 Å². The number of ether oxygens (including phenoxy) is 1. The molecule has 3 amide bonds. The van der Waals surface area contributed by atoms with E-state index in [-0.39, 0.29) is 33.9 Å². The lowest BCUT2D eigenvalue weighted by molar-refractivity contribution is -0.150. The second-order valence-electron chi connectivity index (χ2n) is 9.72. The Bertz CT molecular complexity index is 1610. The zero-order valence-electron chi connectivity index (χ0n) is 23.1. The predicted molar refractivity (Wildman–Crippen MR) is 159 cm³/mol. The van der Waals surface area contributed by atoms with Crippen molar-refractivity contribution in [1.82, 2.24) is 25.2 Å². The second-order valence-corrected chi connectivity index (χ2v) is 12.6. The van der Waals surface area contributed by atoms with Gasteiger partial charge in [-0.15, -0.1) is 23.1 Å². The lowest BCUT2D eigenvalue weighted by atomic mass is 10.0. The van der Waals surface area contributed by atoms with Crippen LogP contribution in [0.3, 0.4) is 0 Å². The number of aliphatic carboxylic acids is 1. The smallest absolute Gasteiger partial charge is 0.413 e. The van der Waals surface area contributed by atoms with Crippen LogP contribution in [-0.4, -0.2) is 84.4 Å². The molecule has 6 N–H and O–H groups in total. The Morgan fingerprint density at radius 1 is 1.30 bits per heavy atom. The van der Waals surface area contributed by atoms with Gasteiger partial charge in [-0.2, -0.15) is 0 Å². The summed E-state index contributed by atoms with van der Waals surface area (Å²) < 4.78 is 5.19. The van der Waals surface area contributed by atoms with E-state index in [1.54, 1.807) is 20.8 Å². The van der Waals surface area contributed by atoms with Gasteiger partial charge in [0, 0.05) is 17.2 Å². The largest absolute Gasteiger partial charge is 0.477 e. The zero-order chi connectivity index (χ0) is 31.5. The van der Waals surface area contributed by atoms with Crippen LogP contribution in [0.25, 0.3) is 0 Å². The molecule has 0 unspecified atom stereocenters. The van der Waals surface area contributed by atoms with Crippen LogP contribution in [0.1, 0.15) is 26.5 Å². The van der Waals surface area contributed by atoms with Crippen molar-refractivity contribution < 1.29 is 33.9 Å². The summed E-state index contributed by atoms with van der Waals surface area (Å²) in [5, 5.41) is 21.4. The maximum absolute atomic E-state index is 13.1. The molecule has 16 nitrogen and oxygen atoms in total. The van der Waals surface area contributed by atoms with E-state index in [1.165, 1.54) is 41.8 Å². The molecule has 0 spiro atoms. The van der Waals surface area contributed by atoms with Gasteiger partial charge in [-0.05, 0) is 37.8 Å². The fraction of sp³-hybridized carbons (Fsp3) is 0.333. The first-order valence-corrected chi connectivity index (χ1v) is 15.1. The molecule has 4 rings (SSSR count). The molecule has 2 aliphatic rings. The highest BCUT2D eigenvalue weighted by molar-refractivity contribution is 8.02. The number of thioether (sulfide) groups is 2. The van der Waals surface area contributed by atoms with Crippen molar-refractivity contribution >= 4 is 75.5 Å². The van der Waals surface area contributed by atoms with Crippen molar-refractivity contribution in [2.45, 2.75) is 42.8 Å². The lowest BCUT2D eigenvalue weighted by Gasteiger charge is -2.49. The molecule has 4 heterocycles. The number of nitrogens with zero attached hydrogens (tertiary/aromatic N) is 4. The number of H-pyrrole nitrogens is 1. The van der Waals surface area contributed by atoms with Crippen LogP contribution in [-0.2, 0) is 24.0 Å². The molecule has 0 radical (unpaired) electrons. The van der Waals surface area contributed by atoms with Gasteiger partial charge in [0.1, 0.15) is 40.5 Å². The quantitative estimate of drug-likeness (QED) is 0.0853. The van der Waals surface area contributed by atoms with Crippen molar-refractivity contribution in [3.05, 3.63) is 50.2 Å². The summed E-state index contributed by atoms with van der Waals surface area (Å²) in [6, 6.07) is 0.191. The van der Waals surface area contributed by atoms with Gasteiger partial charge < -0.3 is 25.7 Å². The maximum atomic E-state index is 13.1. The molecule has 43 heavy (non-hydrogen) atoms. The molecule has 1 fully saturated rings. The first-order chi connectivity index (χ1) is 20.3. The summed E-state index contributed by atoms with van der Waals surface area (Å²) >= 11 is 3.32. The Balaban J connectivity index is 1.45. The minimum absolute atomic E-state index is 0.0597. The molecule has 1 saturated heterocycles. The van der Waals surface area contributed by atoms with Gasteiger partial charge >= 0.3 is 12.1 Å². The Morgan fingerprint density at radius 2 is 2.05 bits per heavy atom. The third-order valence-electron chi connectivity index (χ3n) is 5.43. The van der Waals surface area contributed by atoms with E-state index >= 15 is 0 Å². The van der Waals surface area contributed by atoms with E-state index in [9.17, 15) is 29.1 Å². The van der Waals surface area contributed by atoms with Crippen LogP contribution in [0.5, 0.6) is 0 Å². The number of nitrogens with two attached hydrogens (primary N) is 1. The highest BCUT2D eigenvalue weighted by Crippen LogP contribution is 2.41. The average Bonchev–Trinajstić information content (AvgIpc) is 3.35. The number of rotatable bonds is 9. The summed E-state index contributed by atoms with van der Waals surface area (Å²) in [7, 11) is 1.23. The average molecular weight is 651 g/mol. The number of allylic oxidation sites excluding steroid dienone is 1. The first kappa shape index (κ1) is 31.6. The number of carboxylic acids is 1. The minimum Gasteiger partial charge on any atom is -0.477 e. The number of carbonyl (C=O) groups is 4. The Labute approximate surface area is 256 Å². The van der Waals surface area contributed by atoms with Crippen LogP contribution in [0.2, 0.25) is 0 Å². The highest BCUT2D eigenvalue weighted by atomic mass is 32.2. The van der Waals surface area contributed by atoms with E-state index in [2.05, 4.69) is 30.7 Å². The summed E-state index contributed by atoms with van der Waals surface area (Å²) in [4.78, 5) is 78.4. The Kier molecular flexibility index (Phi) is 9.46. The number of carboxylic acid groups (broad SMARTS) is 1. The van der Waals surface area contributed by atoms with Gasteiger partial charge in [0.05, 0.1) is 0 Å². The summed E-state index contributed by atoms with van der Waals surface area (Å²) in [5.41, 5.74) is 4.32. The van der Waals surface area contributed by atoms with Gasteiger partial charge in [-0.1, -0.05) is 16.9 Å². The molecule has 2 aromatic heterocycles. The number of hydrogen-bond donors (Lipinski definition) is 5. The molecule has 19 heteroatoms. The van der Waals surface area contributed by atoms with Crippen molar-refractivity contribution in [2.75, 3.05) is 23.9 Å². The SMILES string of the molecule is CO/N=C(\C(=O)N[C@@H]1C(=O)N2C(C(=O)O)=C(/C=C/Sc3cc(=O)[nH]c(N)n3)CS[C@H]12)c1csc(NC(=O)OC(C)(C)C)n1. The molecule has 0 bridgehead atoms. The van der Waals surface area contributed by atoms with Gasteiger partial charge in [0.2, 0.25) is 5.95 Å². The summed E-state index contributed by atoms with van der Waals surface area (Å²) in [5.74, 6) is -2.58. The van der Waals surface area contributed by atoms with Gasteiger partial charge in [0.25, 0.3) is 17.4 Å². The first-order valence-electron chi connectivity index (χ1n) is 12.3. The fourth-order valence-electron chi connectivity index (χ4n) is 3.81. The maximum Gasteiger partial charge on any atom is 0.413 e. The molecule has 0 aliphatic carbocycles. The Morgan fingerprint density at radius 3 is 2.70 bits per heavy atom. The number of anilines is 2. The van der Waals surface area contributed by atoms with E-state index < -0.39 is 46.5 Å². The van der Waals surface area contributed by atoms with E-state index in [0.717, 1.165) is 28.0 Å². The number of fused-ring (bicyclic) bond motifs is 1. The topological polar surface area (TPSA) is 231 Å². The van der Waals surface area contributed by atoms with E-state index in [4.69, 9.17) is 15.3 Å². The third kappa shape index (κ3) is 7.54. The number of aromatic nitrogens is 3. The molecule has 0 saturated carbocycles. The van der Waals surface area contributed by atoms with Crippen molar-refractivity contribution in [3.8, 4) is 0 Å². The fourth-order valence-corrected chi connectivity index (χ4v) is 6.50. The number of carbonyl (C=O) groups excluding carboxylic acids is 3. The third-order valence-corrected chi connectivity index (χ3v) is 8.22. The number of oxime groups is 1. The van der Waals surface area contributed by atoms with Crippen LogP contribution in [0.4, 0.5) is 15.9 Å². The van der Waals surface area contributed by atoms with Crippen LogP contribution < -0.4 is 21.9 Å². The number of β-lactam (4-membered cyclic amide) rings is 1. The molecule has 2 aliphatic heterocycles. The van der Waals surface area contributed by atoms with Crippen LogP contribution in [0, 0.1) is 0 Å². The highest BCUT2D eigenvalue weighted by Gasteiger charge is 2.54. The molecule has 0 aromatic carbocycles. The number of amides is 3. The van der Waals surface area contributed by atoms with Crippen LogP contribution in [0.15, 0.2) is 49.2 Å². The second kappa shape index (κ2) is 12.9. The molecule has 228 valence electrons. The number of thiazole rings is 1. The minimum atomic E-state index is -1.32. The molecular weight excluding hydrogens is 625 g/mol. The van der Waals surface area contributed by atoms with E-state index in [1.807, 2.05) is 0 Å². The van der Waals surface area contributed by atoms with Crippen molar-refractivity contribution in [3.63, 3.8) is 0 Å². The number of hydrogen-bond acceptors (Lipinski definition) is 14. The number of nitrogens with one attached hydrogen (secondary N) is 3. The van der Waals surface area contributed by atoms with Crippen molar-refractivity contribution in [2.24, 2.45) is 5.16 Å². The summed E-state index contributed by atoms with van der Waals surface area (Å²) in [6.45, 7) is 5.12. The normalized spacial score (nSPS) is 18.7. The number of aromatic amines is 1. The Hall–Kier alpha value is -4.36. The lowest BCUT2D eigenvalue weighted by Crippen LogP contribution is -2.71. The van der Waals surface area contributed by atoms with Crippen LogP contribution >= 0.6 is 34.9 Å². The summed E-state index contributed by atoms with van der Waals surface area (Å²) in [6.07, 6.45) is 0.786. The van der Waals surface area contributed by atoms with Gasteiger partial charge in [-0.25, -0.2) is 19.6 Å². The number of nitrogen functional groups attached to an aromatic ring is 1. The van der Waals surface area contributed by atoms with Gasteiger partial charge in [0.15, 0.2) is 10.8 Å². The molecule has 2 atom stereocenters.